The normalized spacial score (nSPS) is 26.7. The van der Waals surface area contributed by atoms with Crippen LogP contribution in [0.15, 0.2) is 35.9 Å². The van der Waals surface area contributed by atoms with Crippen molar-refractivity contribution in [2.45, 2.75) is 25.8 Å². The van der Waals surface area contributed by atoms with Gasteiger partial charge < -0.3 is 20.1 Å². The van der Waals surface area contributed by atoms with Crippen molar-refractivity contribution in [2.75, 3.05) is 19.8 Å². The molecule has 0 bridgehead atoms. The molecule has 132 valence electrons. The number of aliphatic hydroxyl groups is 2. The van der Waals surface area contributed by atoms with E-state index in [2.05, 4.69) is 17.1 Å². The number of nitrogens with zero attached hydrogens (tertiary/aromatic N) is 1. The predicted molar refractivity (Wildman–Crippen MR) is 96.0 cm³/mol. The number of hydrogen-bond donors (Lipinski definition) is 3. The molecule has 1 amide bonds. The van der Waals surface area contributed by atoms with E-state index in [4.69, 9.17) is 0 Å². The molecule has 3 N–H and O–H groups in total. The molecule has 0 spiro atoms. The lowest BCUT2D eigenvalue weighted by molar-refractivity contribution is -0.147. The zero-order valence-corrected chi connectivity index (χ0v) is 14.4. The fourth-order valence-corrected chi connectivity index (χ4v) is 4.66. The van der Waals surface area contributed by atoms with Crippen molar-refractivity contribution in [1.29, 1.82) is 0 Å². The number of amides is 1. The fraction of sp³-hybridized carbons (Fsp3) is 0.450. The summed E-state index contributed by atoms with van der Waals surface area (Å²) in [5.74, 6) is -0.576. The van der Waals surface area contributed by atoms with E-state index >= 15 is 0 Å². The summed E-state index contributed by atoms with van der Waals surface area (Å²) in [5.41, 5.74) is 4.37. The Morgan fingerprint density at radius 2 is 2.16 bits per heavy atom. The van der Waals surface area contributed by atoms with Gasteiger partial charge in [0, 0.05) is 23.1 Å². The Hall–Kier alpha value is -2.11. The Morgan fingerprint density at radius 3 is 2.88 bits per heavy atom. The first kappa shape index (κ1) is 16.4. The van der Waals surface area contributed by atoms with Crippen molar-refractivity contribution < 1.29 is 15.0 Å². The molecule has 2 aromatic rings. The number of nitrogens with one attached hydrogen (secondary N) is 1. The largest absolute Gasteiger partial charge is 0.396 e. The third-order valence-electron chi connectivity index (χ3n) is 5.95. The molecule has 2 aliphatic rings. The van der Waals surface area contributed by atoms with Crippen LogP contribution in [0.2, 0.25) is 0 Å². The molecule has 1 saturated heterocycles. The SMILES string of the molecule is C/C=C(/CO)[C@@H]1C[C@H]2c3[nH]c4ccccc4c3CCN2C(=O)[C@H]1CO. The number of fused-ring (bicyclic) bond motifs is 5. The Balaban J connectivity index is 1.79. The highest BCUT2D eigenvalue weighted by atomic mass is 16.3. The number of carbonyl (C=O) groups is 1. The Bertz CT molecular complexity index is 839. The van der Waals surface area contributed by atoms with Crippen LogP contribution < -0.4 is 0 Å². The number of H-pyrrole nitrogens is 1. The van der Waals surface area contributed by atoms with E-state index in [-0.39, 0.29) is 31.1 Å². The molecule has 0 radical (unpaired) electrons. The van der Waals surface area contributed by atoms with Gasteiger partial charge in [-0.25, -0.2) is 0 Å². The number of rotatable bonds is 3. The summed E-state index contributed by atoms with van der Waals surface area (Å²) in [7, 11) is 0. The first-order chi connectivity index (χ1) is 12.2. The van der Waals surface area contributed by atoms with Crippen LogP contribution in [0.4, 0.5) is 0 Å². The maximum atomic E-state index is 13.0. The van der Waals surface area contributed by atoms with Crippen molar-refractivity contribution in [3.63, 3.8) is 0 Å². The van der Waals surface area contributed by atoms with Gasteiger partial charge >= 0.3 is 0 Å². The lowest BCUT2D eigenvalue weighted by atomic mass is 9.74. The second kappa shape index (κ2) is 6.32. The van der Waals surface area contributed by atoms with Crippen LogP contribution in [0.3, 0.4) is 0 Å². The molecule has 5 nitrogen and oxygen atoms in total. The molecule has 1 fully saturated rings. The van der Waals surface area contributed by atoms with Crippen LogP contribution in [0.5, 0.6) is 0 Å². The second-order valence-electron chi connectivity index (χ2n) is 7.01. The summed E-state index contributed by atoms with van der Waals surface area (Å²) < 4.78 is 0. The van der Waals surface area contributed by atoms with Crippen molar-refractivity contribution in [3.8, 4) is 0 Å². The zero-order chi connectivity index (χ0) is 17.6. The van der Waals surface area contributed by atoms with Crippen molar-refractivity contribution >= 4 is 16.8 Å². The van der Waals surface area contributed by atoms with E-state index in [1.807, 2.05) is 30.0 Å². The quantitative estimate of drug-likeness (QED) is 0.750. The highest BCUT2D eigenvalue weighted by Crippen LogP contribution is 2.45. The van der Waals surface area contributed by atoms with Gasteiger partial charge in [0.15, 0.2) is 0 Å². The van der Waals surface area contributed by atoms with Gasteiger partial charge in [-0.3, -0.25) is 4.79 Å². The lowest BCUT2D eigenvalue weighted by Crippen LogP contribution is -2.51. The predicted octanol–water partition coefficient (Wildman–Crippen LogP) is 2.16. The van der Waals surface area contributed by atoms with Gasteiger partial charge in [-0.05, 0) is 42.9 Å². The summed E-state index contributed by atoms with van der Waals surface area (Å²) in [6.45, 7) is 2.32. The maximum Gasteiger partial charge on any atom is 0.229 e. The van der Waals surface area contributed by atoms with Gasteiger partial charge in [0.2, 0.25) is 5.91 Å². The first-order valence-electron chi connectivity index (χ1n) is 8.96. The average Bonchev–Trinajstić information content (AvgIpc) is 3.02. The lowest BCUT2D eigenvalue weighted by Gasteiger charge is -2.46. The highest BCUT2D eigenvalue weighted by Gasteiger charge is 2.45. The number of aliphatic hydroxyl groups excluding tert-OH is 2. The minimum Gasteiger partial charge on any atom is -0.396 e. The van der Waals surface area contributed by atoms with Crippen molar-refractivity contribution in [3.05, 3.63) is 47.2 Å². The maximum absolute atomic E-state index is 13.0. The summed E-state index contributed by atoms with van der Waals surface area (Å²) in [4.78, 5) is 18.4. The molecule has 0 unspecified atom stereocenters. The molecule has 0 aliphatic carbocycles. The molecule has 5 heteroatoms. The smallest absolute Gasteiger partial charge is 0.229 e. The van der Waals surface area contributed by atoms with Gasteiger partial charge in [-0.2, -0.15) is 0 Å². The molecular formula is C20H24N2O3. The molecule has 3 atom stereocenters. The molecule has 2 aliphatic heterocycles. The topological polar surface area (TPSA) is 76.6 Å². The van der Waals surface area contributed by atoms with E-state index in [0.29, 0.717) is 6.54 Å². The van der Waals surface area contributed by atoms with Gasteiger partial charge in [-0.1, -0.05) is 24.3 Å². The number of hydrogen-bond acceptors (Lipinski definition) is 3. The summed E-state index contributed by atoms with van der Waals surface area (Å²) >= 11 is 0. The molecule has 25 heavy (non-hydrogen) atoms. The van der Waals surface area contributed by atoms with Crippen LogP contribution in [0, 0.1) is 11.8 Å². The van der Waals surface area contributed by atoms with E-state index in [1.54, 1.807) is 0 Å². The number of carbonyl (C=O) groups excluding carboxylic acids is 1. The summed E-state index contributed by atoms with van der Waals surface area (Å²) in [6, 6.07) is 8.25. The average molecular weight is 340 g/mol. The Labute approximate surface area is 147 Å². The number of benzene rings is 1. The molecule has 0 saturated carbocycles. The number of aromatic nitrogens is 1. The second-order valence-corrected chi connectivity index (χ2v) is 7.01. The van der Waals surface area contributed by atoms with Crippen molar-refractivity contribution in [2.24, 2.45) is 11.8 Å². The minimum absolute atomic E-state index is 0.000793. The molecular weight excluding hydrogens is 316 g/mol. The number of aromatic amines is 1. The van der Waals surface area contributed by atoms with E-state index in [9.17, 15) is 15.0 Å². The van der Waals surface area contributed by atoms with Crippen LogP contribution in [0.25, 0.3) is 10.9 Å². The standard InChI is InChI=1S/C20H24N2O3/c1-2-12(10-23)15-9-18-19-14(13-5-3-4-6-17(13)21-19)7-8-22(18)20(25)16(15)11-24/h2-6,15-16,18,21,23-24H,7-11H2,1H3/b12-2-/t15-,16-,18-/m0/s1. The molecule has 1 aromatic heterocycles. The zero-order valence-electron chi connectivity index (χ0n) is 14.4. The first-order valence-corrected chi connectivity index (χ1v) is 8.96. The third kappa shape index (κ3) is 2.41. The molecule has 4 rings (SSSR count). The Kier molecular flexibility index (Phi) is 4.13. The summed E-state index contributed by atoms with van der Waals surface area (Å²) in [5, 5.41) is 20.7. The van der Waals surface area contributed by atoms with Gasteiger partial charge in [0.05, 0.1) is 25.2 Å². The van der Waals surface area contributed by atoms with E-state index in [1.165, 1.54) is 10.9 Å². The van der Waals surface area contributed by atoms with Gasteiger partial charge in [-0.15, -0.1) is 0 Å². The van der Waals surface area contributed by atoms with Crippen LogP contribution in [-0.2, 0) is 11.2 Å². The Morgan fingerprint density at radius 1 is 1.36 bits per heavy atom. The van der Waals surface area contributed by atoms with Crippen LogP contribution in [-0.4, -0.2) is 45.8 Å². The van der Waals surface area contributed by atoms with E-state index < -0.39 is 5.92 Å². The van der Waals surface area contributed by atoms with Crippen LogP contribution >= 0.6 is 0 Å². The van der Waals surface area contributed by atoms with Crippen LogP contribution in [0.1, 0.15) is 30.6 Å². The fourth-order valence-electron chi connectivity index (χ4n) is 4.66. The third-order valence-corrected chi connectivity index (χ3v) is 5.95. The number of piperidine rings is 1. The monoisotopic (exact) mass is 340 g/mol. The van der Waals surface area contributed by atoms with Crippen molar-refractivity contribution in [1.82, 2.24) is 9.88 Å². The number of allylic oxidation sites excluding steroid dienone is 1. The highest BCUT2D eigenvalue weighted by molar-refractivity contribution is 5.87. The van der Waals surface area contributed by atoms with Gasteiger partial charge in [0.1, 0.15) is 0 Å². The molecule has 1 aromatic carbocycles. The summed E-state index contributed by atoms with van der Waals surface area (Å²) in [6.07, 6.45) is 3.45. The number of para-hydroxylation sites is 1. The minimum atomic E-state index is -0.458. The van der Waals surface area contributed by atoms with Gasteiger partial charge in [0.25, 0.3) is 0 Å². The molecule has 3 heterocycles. The van der Waals surface area contributed by atoms with E-state index in [0.717, 1.165) is 29.6 Å².